The number of hydrogen-bond acceptors (Lipinski definition) is 6. The van der Waals surface area contributed by atoms with Crippen LogP contribution in [0, 0.1) is 0 Å². The Bertz CT molecular complexity index is 1180. The minimum absolute atomic E-state index is 0.0466. The lowest BCUT2D eigenvalue weighted by molar-refractivity contribution is -0.139. The number of hydrogen-bond donors (Lipinski definition) is 2. The number of nitrogens with zero attached hydrogens (tertiary/aromatic N) is 4. The Balaban J connectivity index is 1.24. The minimum atomic E-state index is -0.457. The molecular formula is C21H22N6O4S. The maximum absolute atomic E-state index is 12.6. The van der Waals surface area contributed by atoms with Crippen molar-refractivity contribution in [3.63, 3.8) is 0 Å². The number of fused-ring (bicyclic) bond motifs is 1. The van der Waals surface area contributed by atoms with Gasteiger partial charge in [0.05, 0.1) is 11.9 Å². The van der Waals surface area contributed by atoms with Crippen molar-refractivity contribution in [1.29, 1.82) is 0 Å². The fourth-order valence-corrected chi connectivity index (χ4v) is 4.33. The van der Waals surface area contributed by atoms with Crippen molar-refractivity contribution in [2.75, 3.05) is 38.0 Å². The van der Waals surface area contributed by atoms with Crippen LogP contribution in [-0.4, -0.2) is 69.3 Å². The standard InChI is InChI=1S/C21H22N6O4S/c28-17(13-23-21(31)24-15-5-2-1-3-6-15)25-9-11-26(12-10-25)18(29)14-27-20(30)16-7-4-8-22-19(16)32-27/h1-8H,9-14H2,(H2,23,24,31). The van der Waals surface area contributed by atoms with E-state index < -0.39 is 6.03 Å². The minimum Gasteiger partial charge on any atom is -0.338 e. The van der Waals surface area contributed by atoms with E-state index in [2.05, 4.69) is 15.6 Å². The van der Waals surface area contributed by atoms with E-state index in [1.54, 1.807) is 52.4 Å². The van der Waals surface area contributed by atoms with Crippen LogP contribution in [0.4, 0.5) is 10.5 Å². The molecule has 2 aromatic heterocycles. The molecule has 4 rings (SSSR count). The highest BCUT2D eigenvalue weighted by Gasteiger charge is 2.25. The molecule has 10 nitrogen and oxygen atoms in total. The van der Waals surface area contributed by atoms with Crippen LogP contribution in [0.2, 0.25) is 0 Å². The normalized spacial score (nSPS) is 13.8. The molecule has 4 amide bonds. The molecule has 0 aliphatic carbocycles. The van der Waals surface area contributed by atoms with Gasteiger partial charge < -0.3 is 20.4 Å². The first-order chi connectivity index (χ1) is 15.5. The Morgan fingerprint density at radius 1 is 0.938 bits per heavy atom. The molecule has 1 aromatic carbocycles. The lowest BCUT2D eigenvalue weighted by Gasteiger charge is -2.34. The number of urea groups is 1. The molecule has 166 valence electrons. The molecule has 32 heavy (non-hydrogen) atoms. The molecule has 1 fully saturated rings. The summed E-state index contributed by atoms with van der Waals surface area (Å²) in [4.78, 5) is 57.4. The van der Waals surface area contributed by atoms with E-state index in [0.29, 0.717) is 42.1 Å². The zero-order chi connectivity index (χ0) is 22.5. The summed E-state index contributed by atoms with van der Waals surface area (Å²) in [5.74, 6) is -0.391. The Morgan fingerprint density at radius 2 is 1.62 bits per heavy atom. The van der Waals surface area contributed by atoms with Crippen molar-refractivity contribution in [2.45, 2.75) is 6.54 Å². The average Bonchev–Trinajstić information content (AvgIpc) is 3.13. The Morgan fingerprint density at radius 3 is 2.31 bits per heavy atom. The topological polar surface area (TPSA) is 117 Å². The van der Waals surface area contributed by atoms with Gasteiger partial charge in [-0.2, -0.15) is 0 Å². The summed E-state index contributed by atoms with van der Waals surface area (Å²) in [6.07, 6.45) is 1.61. The Kier molecular flexibility index (Phi) is 6.45. The van der Waals surface area contributed by atoms with Gasteiger partial charge in [-0.1, -0.05) is 18.2 Å². The van der Waals surface area contributed by atoms with Crippen LogP contribution in [0.25, 0.3) is 10.2 Å². The number of rotatable bonds is 5. The van der Waals surface area contributed by atoms with Crippen LogP contribution in [0.3, 0.4) is 0 Å². The molecule has 1 aliphatic heterocycles. The highest BCUT2D eigenvalue weighted by Crippen LogP contribution is 2.13. The maximum atomic E-state index is 12.6. The van der Waals surface area contributed by atoms with Crippen LogP contribution in [0.1, 0.15) is 0 Å². The van der Waals surface area contributed by atoms with Crippen molar-refractivity contribution in [1.82, 2.24) is 24.1 Å². The van der Waals surface area contributed by atoms with E-state index in [-0.39, 0.29) is 30.5 Å². The van der Waals surface area contributed by atoms with Crippen LogP contribution in [0.15, 0.2) is 53.5 Å². The van der Waals surface area contributed by atoms with Crippen molar-refractivity contribution in [3.05, 3.63) is 59.0 Å². The quantitative estimate of drug-likeness (QED) is 0.595. The zero-order valence-electron chi connectivity index (χ0n) is 17.2. The number of anilines is 1. The average molecular weight is 455 g/mol. The first-order valence-electron chi connectivity index (χ1n) is 10.1. The van der Waals surface area contributed by atoms with Gasteiger partial charge in [-0.3, -0.25) is 18.3 Å². The third-order valence-electron chi connectivity index (χ3n) is 5.12. The van der Waals surface area contributed by atoms with Crippen molar-refractivity contribution in [3.8, 4) is 0 Å². The number of para-hydroxylation sites is 1. The summed E-state index contributed by atoms with van der Waals surface area (Å²) >= 11 is 1.17. The molecule has 0 bridgehead atoms. The highest BCUT2D eigenvalue weighted by molar-refractivity contribution is 7.13. The molecule has 1 aliphatic rings. The summed E-state index contributed by atoms with van der Waals surface area (Å²) in [7, 11) is 0. The SMILES string of the molecule is O=C(NCC(=O)N1CCN(C(=O)Cn2sc3ncccc3c2=O)CC1)Nc1ccccc1. The molecule has 11 heteroatoms. The molecule has 1 saturated heterocycles. The predicted molar refractivity (Wildman–Crippen MR) is 121 cm³/mol. The number of nitrogens with one attached hydrogen (secondary N) is 2. The van der Waals surface area contributed by atoms with E-state index in [4.69, 9.17) is 0 Å². The predicted octanol–water partition coefficient (Wildman–Crippen LogP) is 0.951. The Hall–Kier alpha value is -3.73. The van der Waals surface area contributed by atoms with Gasteiger partial charge in [0.25, 0.3) is 5.56 Å². The second-order valence-electron chi connectivity index (χ2n) is 7.22. The summed E-state index contributed by atoms with van der Waals surface area (Å²) in [5, 5.41) is 5.71. The first kappa shape index (κ1) is 21.5. The largest absolute Gasteiger partial charge is 0.338 e. The summed E-state index contributed by atoms with van der Waals surface area (Å²) in [5.41, 5.74) is 0.415. The van der Waals surface area contributed by atoms with Gasteiger partial charge in [-0.15, -0.1) is 0 Å². The van der Waals surface area contributed by atoms with Gasteiger partial charge >= 0.3 is 6.03 Å². The number of aromatic nitrogens is 2. The molecule has 3 heterocycles. The van der Waals surface area contributed by atoms with Gasteiger partial charge in [-0.25, -0.2) is 9.78 Å². The van der Waals surface area contributed by atoms with Gasteiger partial charge in [0.2, 0.25) is 11.8 Å². The highest BCUT2D eigenvalue weighted by atomic mass is 32.1. The maximum Gasteiger partial charge on any atom is 0.319 e. The smallest absolute Gasteiger partial charge is 0.319 e. The lowest BCUT2D eigenvalue weighted by atomic mass is 10.3. The molecular weight excluding hydrogens is 432 g/mol. The van der Waals surface area contributed by atoms with Gasteiger partial charge in [0, 0.05) is 38.1 Å². The van der Waals surface area contributed by atoms with E-state index in [1.807, 2.05) is 6.07 Å². The van der Waals surface area contributed by atoms with Crippen molar-refractivity contribution >= 4 is 45.3 Å². The van der Waals surface area contributed by atoms with E-state index >= 15 is 0 Å². The van der Waals surface area contributed by atoms with Crippen LogP contribution in [0.5, 0.6) is 0 Å². The fourth-order valence-electron chi connectivity index (χ4n) is 3.40. The van der Waals surface area contributed by atoms with Crippen molar-refractivity contribution in [2.24, 2.45) is 0 Å². The molecule has 0 spiro atoms. The van der Waals surface area contributed by atoms with Crippen LogP contribution >= 0.6 is 11.5 Å². The number of pyridine rings is 1. The lowest BCUT2D eigenvalue weighted by Crippen LogP contribution is -2.53. The second-order valence-corrected chi connectivity index (χ2v) is 8.23. The van der Waals surface area contributed by atoms with E-state index in [1.165, 1.54) is 15.5 Å². The number of amides is 4. The van der Waals surface area contributed by atoms with Crippen molar-refractivity contribution < 1.29 is 14.4 Å². The molecule has 2 N–H and O–H groups in total. The van der Waals surface area contributed by atoms with E-state index in [0.717, 1.165) is 0 Å². The summed E-state index contributed by atoms with van der Waals surface area (Å²) < 4.78 is 1.41. The number of carbonyl (C=O) groups is 3. The third kappa shape index (κ3) is 4.94. The fraction of sp³-hybridized carbons (Fsp3) is 0.286. The Labute approximate surface area is 187 Å². The van der Waals surface area contributed by atoms with Gasteiger partial charge in [0.1, 0.15) is 11.4 Å². The van der Waals surface area contributed by atoms with Crippen LogP contribution < -0.4 is 16.2 Å². The first-order valence-corrected chi connectivity index (χ1v) is 10.9. The molecule has 0 atom stereocenters. The molecule has 3 aromatic rings. The molecule has 0 unspecified atom stereocenters. The van der Waals surface area contributed by atoms with Gasteiger partial charge in [0.15, 0.2) is 0 Å². The molecule has 0 radical (unpaired) electrons. The van der Waals surface area contributed by atoms with E-state index in [9.17, 15) is 19.2 Å². The monoisotopic (exact) mass is 454 g/mol. The number of piperazine rings is 1. The second kappa shape index (κ2) is 9.60. The number of carbonyl (C=O) groups excluding carboxylic acids is 3. The zero-order valence-corrected chi connectivity index (χ0v) is 18.0. The summed E-state index contributed by atoms with van der Waals surface area (Å²) in [6.45, 7) is 1.31. The third-order valence-corrected chi connectivity index (χ3v) is 6.13. The molecule has 0 saturated carbocycles. The number of benzene rings is 1. The summed E-state index contributed by atoms with van der Waals surface area (Å²) in [6, 6.07) is 11.9. The van der Waals surface area contributed by atoms with Gasteiger partial charge in [-0.05, 0) is 35.8 Å². The van der Waals surface area contributed by atoms with Crippen LogP contribution in [-0.2, 0) is 16.1 Å².